The van der Waals surface area contributed by atoms with Gasteiger partial charge in [-0.2, -0.15) is 13.2 Å². The van der Waals surface area contributed by atoms with Crippen LogP contribution in [0, 0.1) is 5.82 Å². The van der Waals surface area contributed by atoms with Gasteiger partial charge >= 0.3 is 6.18 Å². The maximum atomic E-state index is 13.2. The maximum absolute atomic E-state index is 13.2. The van der Waals surface area contributed by atoms with Crippen LogP contribution in [0.2, 0.25) is 0 Å². The van der Waals surface area contributed by atoms with Crippen molar-refractivity contribution in [2.24, 2.45) is 0 Å². The Labute approximate surface area is 86.5 Å². The van der Waals surface area contributed by atoms with Gasteiger partial charge in [0.05, 0.1) is 11.1 Å². The van der Waals surface area contributed by atoms with E-state index in [1.165, 1.54) is 0 Å². The molecule has 0 radical (unpaired) electrons. The second-order valence-electron chi connectivity index (χ2n) is 3.21. The number of benzene rings is 1. The number of rotatable bonds is 0. The molecule has 0 fully saturated rings. The van der Waals surface area contributed by atoms with Crippen molar-refractivity contribution in [3.63, 3.8) is 0 Å². The van der Waals surface area contributed by atoms with Crippen molar-refractivity contribution in [2.45, 2.75) is 6.18 Å². The highest BCUT2D eigenvalue weighted by Gasteiger charge is 2.33. The first-order valence-corrected chi connectivity index (χ1v) is 4.28. The second-order valence-corrected chi connectivity index (χ2v) is 3.21. The number of para-hydroxylation sites is 1. The highest BCUT2D eigenvalue weighted by Crippen LogP contribution is 2.33. The average Bonchev–Trinajstić information content (AvgIpc) is 2.17. The van der Waals surface area contributed by atoms with E-state index in [9.17, 15) is 22.4 Å². The fourth-order valence-electron chi connectivity index (χ4n) is 1.48. The third-order valence-corrected chi connectivity index (χ3v) is 2.13. The first-order valence-electron chi connectivity index (χ1n) is 4.28. The molecule has 1 aromatic carbocycles. The summed E-state index contributed by atoms with van der Waals surface area (Å²) in [7, 11) is 0. The number of aromatic nitrogens is 1. The Balaban J connectivity index is 2.95. The van der Waals surface area contributed by atoms with Crippen LogP contribution in [0.25, 0.3) is 10.9 Å². The highest BCUT2D eigenvalue weighted by molar-refractivity contribution is 5.82. The van der Waals surface area contributed by atoms with E-state index in [-0.39, 0.29) is 5.39 Å². The van der Waals surface area contributed by atoms with Crippen LogP contribution in [-0.4, -0.2) is 4.98 Å². The smallest absolute Gasteiger partial charge is 0.319 e. The molecule has 1 heterocycles. The Bertz CT molecular complexity index is 600. The number of hydrogen-bond donors (Lipinski definition) is 1. The summed E-state index contributed by atoms with van der Waals surface area (Å²) >= 11 is 0. The molecule has 0 aliphatic carbocycles. The van der Waals surface area contributed by atoms with Crippen LogP contribution in [0.3, 0.4) is 0 Å². The molecule has 2 aromatic rings. The molecule has 0 amide bonds. The van der Waals surface area contributed by atoms with E-state index in [1.54, 1.807) is 0 Å². The van der Waals surface area contributed by atoms with Crippen LogP contribution >= 0.6 is 0 Å². The summed E-state index contributed by atoms with van der Waals surface area (Å²) in [6.07, 6.45) is -4.68. The molecule has 0 aliphatic rings. The standard InChI is InChI=1S/C10H5F4NO/c11-7-3-1-2-5-6(10(12,13)14)4-8(16)15-9(5)7/h1-4H,(H,15,16). The van der Waals surface area contributed by atoms with E-state index in [2.05, 4.69) is 0 Å². The maximum Gasteiger partial charge on any atom is 0.417 e. The topological polar surface area (TPSA) is 32.9 Å². The second kappa shape index (κ2) is 3.33. The monoisotopic (exact) mass is 231 g/mol. The number of pyridine rings is 1. The van der Waals surface area contributed by atoms with E-state index in [1.807, 2.05) is 4.98 Å². The van der Waals surface area contributed by atoms with Gasteiger partial charge in [-0.15, -0.1) is 0 Å². The van der Waals surface area contributed by atoms with Crippen molar-refractivity contribution in [3.05, 3.63) is 46.0 Å². The van der Waals surface area contributed by atoms with E-state index in [0.717, 1.165) is 18.2 Å². The first-order chi connectivity index (χ1) is 7.39. The lowest BCUT2D eigenvalue weighted by molar-refractivity contribution is -0.136. The Hall–Kier alpha value is -1.85. The number of alkyl halides is 3. The van der Waals surface area contributed by atoms with Gasteiger partial charge in [-0.05, 0) is 6.07 Å². The Kier molecular flexibility index (Phi) is 2.22. The lowest BCUT2D eigenvalue weighted by Gasteiger charge is -2.09. The molecular weight excluding hydrogens is 226 g/mol. The molecule has 2 rings (SSSR count). The Morgan fingerprint density at radius 2 is 1.88 bits per heavy atom. The quantitative estimate of drug-likeness (QED) is 0.694. The van der Waals surface area contributed by atoms with Gasteiger partial charge in [-0.3, -0.25) is 4.79 Å². The summed E-state index contributed by atoms with van der Waals surface area (Å²) < 4.78 is 50.9. The molecule has 6 heteroatoms. The van der Waals surface area contributed by atoms with Crippen molar-refractivity contribution in [1.29, 1.82) is 0 Å². The summed E-state index contributed by atoms with van der Waals surface area (Å²) in [5.74, 6) is -0.888. The Morgan fingerprint density at radius 1 is 1.19 bits per heavy atom. The number of aromatic amines is 1. The van der Waals surface area contributed by atoms with E-state index in [4.69, 9.17) is 0 Å². The van der Waals surface area contributed by atoms with E-state index in [0.29, 0.717) is 6.07 Å². The molecule has 1 N–H and O–H groups in total. The van der Waals surface area contributed by atoms with Crippen molar-refractivity contribution < 1.29 is 17.6 Å². The lowest BCUT2D eigenvalue weighted by Crippen LogP contribution is -2.14. The molecule has 0 bridgehead atoms. The van der Waals surface area contributed by atoms with Crippen LogP contribution in [0.4, 0.5) is 17.6 Å². The molecule has 0 saturated carbocycles. The largest absolute Gasteiger partial charge is 0.417 e. The lowest BCUT2D eigenvalue weighted by atomic mass is 10.1. The molecule has 2 nitrogen and oxygen atoms in total. The predicted molar refractivity (Wildman–Crippen MR) is 49.5 cm³/mol. The van der Waals surface area contributed by atoms with Gasteiger partial charge in [0.15, 0.2) is 0 Å². The van der Waals surface area contributed by atoms with Gasteiger partial charge in [0.25, 0.3) is 0 Å². The van der Waals surface area contributed by atoms with Crippen molar-refractivity contribution in [2.75, 3.05) is 0 Å². The Morgan fingerprint density at radius 3 is 2.50 bits per heavy atom. The highest BCUT2D eigenvalue weighted by atomic mass is 19.4. The summed E-state index contributed by atoms with van der Waals surface area (Å²) in [5, 5.41) is -0.355. The van der Waals surface area contributed by atoms with Gasteiger partial charge < -0.3 is 4.98 Å². The number of H-pyrrole nitrogens is 1. The number of halogens is 4. The number of fused-ring (bicyclic) bond motifs is 1. The summed E-state index contributed by atoms with van der Waals surface area (Å²) in [4.78, 5) is 13.0. The van der Waals surface area contributed by atoms with Gasteiger partial charge in [0.1, 0.15) is 5.82 Å². The molecule has 1 aromatic heterocycles. The predicted octanol–water partition coefficient (Wildman–Crippen LogP) is 2.69. The molecule has 0 aliphatic heterocycles. The minimum atomic E-state index is -4.68. The van der Waals surface area contributed by atoms with Crippen LogP contribution in [-0.2, 0) is 6.18 Å². The van der Waals surface area contributed by atoms with Gasteiger partial charge in [0.2, 0.25) is 5.56 Å². The SMILES string of the molecule is O=c1cc(C(F)(F)F)c2cccc(F)c2[nH]1. The van der Waals surface area contributed by atoms with Crippen LogP contribution < -0.4 is 5.56 Å². The fraction of sp³-hybridized carbons (Fsp3) is 0.100. The zero-order chi connectivity index (χ0) is 11.9. The number of nitrogens with one attached hydrogen (secondary N) is 1. The van der Waals surface area contributed by atoms with E-state index >= 15 is 0 Å². The van der Waals surface area contributed by atoms with Crippen molar-refractivity contribution >= 4 is 10.9 Å². The third-order valence-electron chi connectivity index (χ3n) is 2.13. The molecule has 0 saturated heterocycles. The van der Waals surface area contributed by atoms with Gasteiger partial charge in [-0.1, -0.05) is 12.1 Å². The molecular formula is C10H5F4NO. The molecule has 84 valence electrons. The molecule has 0 atom stereocenters. The summed E-state index contributed by atoms with van der Waals surface area (Å²) in [5.41, 5.74) is -2.54. The zero-order valence-electron chi connectivity index (χ0n) is 7.73. The fourth-order valence-corrected chi connectivity index (χ4v) is 1.48. The van der Waals surface area contributed by atoms with Crippen LogP contribution in [0.15, 0.2) is 29.1 Å². The zero-order valence-corrected chi connectivity index (χ0v) is 7.73. The first kappa shape index (κ1) is 10.7. The molecule has 0 unspecified atom stereocenters. The minimum Gasteiger partial charge on any atom is -0.319 e. The minimum absolute atomic E-state index is 0.355. The normalized spacial score (nSPS) is 12.0. The average molecular weight is 231 g/mol. The third kappa shape index (κ3) is 1.66. The summed E-state index contributed by atoms with van der Waals surface area (Å²) in [6, 6.07) is 3.67. The number of hydrogen-bond acceptors (Lipinski definition) is 1. The van der Waals surface area contributed by atoms with Crippen molar-refractivity contribution in [3.8, 4) is 0 Å². The van der Waals surface area contributed by atoms with Crippen LogP contribution in [0.1, 0.15) is 5.56 Å². The van der Waals surface area contributed by atoms with Gasteiger partial charge in [0, 0.05) is 11.5 Å². The summed E-state index contributed by atoms with van der Waals surface area (Å²) in [6.45, 7) is 0. The van der Waals surface area contributed by atoms with Crippen LogP contribution in [0.5, 0.6) is 0 Å². The van der Waals surface area contributed by atoms with Crippen molar-refractivity contribution in [1.82, 2.24) is 4.98 Å². The molecule has 0 spiro atoms. The van der Waals surface area contributed by atoms with E-state index < -0.39 is 28.6 Å². The molecule has 16 heavy (non-hydrogen) atoms. The van der Waals surface area contributed by atoms with Gasteiger partial charge in [-0.25, -0.2) is 4.39 Å².